The van der Waals surface area contributed by atoms with Gasteiger partial charge in [0.15, 0.2) is 0 Å². The Morgan fingerprint density at radius 3 is 2.55 bits per heavy atom. The summed E-state index contributed by atoms with van der Waals surface area (Å²) in [6, 6.07) is 0. The molecule has 2 amide bonds. The molecule has 124 valence electrons. The predicted octanol–water partition coefficient (Wildman–Crippen LogP) is 0.720. The summed E-state index contributed by atoms with van der Waals surface area (Å²) < 4.78 is 37.0. The molecule has 0 aliphatic carbocycles. The highest BCUT2D eigenvalue weighted by atomic mass is 19.4. The van der Waals surface area contributed by atoms with Crippen molar-refractivity contribution in [3.05, 3.63) is 0 Å². The van der Waals surface area contributed by atoms with Crippen LogP contribution in [0.5, 0.6) is 0 Å². The summed E-state index contributed by atoms with van der Waals surface area (Å²) in [4.78, 5) is 37.0. The van der Waals surface area contributed by atoms with E-state index in [1.54, 1.807) is 0 Å². The molecule has 2 heterocycles. The van der Waals surface area contributed by atoms with Crippen LogP contribution in [0.2, 0.25) is 0 Å². The molecule has 1 N–H and O–H groups in total. The maximum Gasteiger partial charge on any atom is 0.406 e. The Bertz CT molecular complexity index is 508. The minimum absolute atomic E-state index is 0.0190. The summed E-state index contributed by atoms with van der Waals surface area (Å²) in [6.07, 6.45) is -4.46. The zero-order valence-corrected chi connectivity index (χ0v) is 12.0. The van der Waals surface area contributed by atoms with Gasteiger partial charge in [-0.2, -0.15) is 13.2 Å². The molecule has 6 nitrogen and oxygen atoms in total. The molecule has 0 saturated carbocycles. The first-order valence-corrected chi connectivity index (χ1v) is 6.88. The molecular weight excluding hydrogens is 305 g/mol. The van der Waals surface area contributed by atoms with Crippen LogP contribution in [0.1, 0.15) is 19.8 Å². The van der Waals surface area contributed by atoms with Crippen LogP contribution >= 0.6 is 0 Å². The van der Waals surface area contributed by atoms with Crippen LogP contribution in [-0.4, -0.2) is 65.0 Å². The zero-order chi connectivity index (χ0) is 16.7. The topological polar surface area (TPSA) is 77.9 Å². The van der Waals surface area contributed by atoms with Crippen LogP contribution in [0.4, 0.5) is 13.2 Å². The molecule has 2 fully saturated rings. The van der Waals surface area contributed by atoms with E-state index in [-0.39, 0.29) is 26.1 Å². The average molecular weight is 322 g/mol. The number of carbonyl (C=O) groups is 3. The van der Waals surface area contributed by atoms with E-state index in [0.717, 1.165) is 0 Å². The van der Waals surface area contributed by atoms with Crippen molar-refractivity contribution < 1.29 is 32.7 Å². The molecule has 0 aromatic heterocycles. The number of likely N-dealkylation sites (tertiary alicyclic amines) is 2. The highest BCUT2D eigenvalue weighted by Gasteiger charge is 2.46. The molecule has 0 radical (unpaired) electrons. The van der Waals surface area contributed by atoms with Crippen molar-refractivity contribution in [3.8, 4) is 0 Å². The Labute approximate surface area is 124 Å². The van der Waals surface area contributed by atoms with Gasteiger partial charge in [-0.05, 0) is 13.3 Å². The number of carboxylic acid groups (broad SMARTS) is 1. The van der Waals surface area contributed by atoms with Gasteiger partial charge in [0.25, 0.3) is 0 Å². The summed E-state index contributed by atoms with van der Waals surface area (Å²) in [7, 11) is 0. The van der Waals surface area contributed by atoms with Gasteiger partial charge in [-0.15, -0.1) is 0 Å². The second kappa shape index (κ2) is 5.44. The lowest BCUT2D eigenvalue weighted by atomic mass is 9.90. The van der Waals surface area contributed by atoms with E-state index in [4.69, 9.17) is 5.11 Å². The standard InChI is InChI=1S/C13H17F3N2O4/c1-12(11(21)22)2-3-17(6-12)10(20)8-4-9(19)18(5-8)7-13(14,15)16/h8H,2-7H2,1H3,(H,21,22). The van der Waals surface area contributed by atoms with Gasteiger partial charge in [0.1, 0.15) is 6.54 Å². The van der Waals surface area contributed by atoms with Crippen LogP contribution in [-0.2, 0) is 14.4 Å². The van der Waals surface area contributed by atoms with Gasteiger partial charge >= 0.3 is 12.1 Å². The molecule has 2 aliphatic rings. The Balaban J connectivity index is 1.98. The quantitative estimate of drug-likeness (QED) is 0.830. The van der Waals surface area contributed by atoms with E-state index in [2.05, 4.69) is 0 Å². The van der Waals surface area contributed by atoms with Gasteiger partial charge in [-0.25, -0.2) is 0 Å². The van der Waals surface area contributed by atoms with Crippen LogP contribution < -0.4 is 0 Å². The fourth-order valence-electron chi connectivity index (χ4n) is 2.89. The van der Waals surface area contributed by atoms with Crippen LogP contribution in [0.3, 0.4) is 0 Å². The largest absolute Gasteiger partial charge is 0.481 e. The van der Waals surface area contributed by atoms with Crippen molar-refractivity contribution in [1.29, 1.82) is 0 Å². The summed E-state index contributed by atoms with van der Waals surface area (Å²) in [5.74, 6) is -2.98. The van der Waals surface area contributed by atoms with Crippen molar-refractivity contribution in [2.24, 2.45) is 11.3 Å². The maximum atomic E-state index is 12.3. The molecular formula is C13H17F3N2O4. The normalized spacial score (nSPS) is 29.3. The Morgan fingerprint density at radius 2 is 2.05 bits per heavy atom. The second-order valence-corrected chi connectivity index (χ2v) is 6.17. The third kappa shape index (κ3) is 3.33. The van der Waals surface area contributed by atoms with E-state index in [9.17, 15) is 27.6 Å². The number of alkyl halides is 3. The van der Waals surface area contributed by atoms with E-state index < -0.39 is 41.8 Å². The van der Waals surface area contributed by atoms with E-state index >= 15 is 0 Å². The third-order valence-corrected chi connectivity index (χ3v) is 4.24. The number of hydrogen-bond acceptors (Lipinski definition) is 3. The fraction of sp³-hybridized carbons (Fsp3) is 0.769. The zero-order valence-electron chi connectivity index (χ0n) is 12.0. The minimum atomic E-state index is -4.50. The molecule has 0 bridgehead atoms. The first-order chi connectivity index (χ1) is 10.0. The van der Waals surface area contributed by atoms with Crippen molar-refractivity contribution >= 4 is 17.8 Å². The number of carbonyl (C=O) groups excluding carboxylic acids is 2. The Kier molecular flexibility index (Phi) is 4.09. The SMILES string of the molecule is CC1(C(=O)O)CCN(C(=O)C2CC(=O)N(CC(F)(F)F)C2)C1. The van der Waals surface area contributed by atoms with Crippen LogP contribution in [0.15, 0.2) is 0 Å². The van der Waals surface area contributed by atoms with Gasteiger partial charge in [0, 0.05) is 26.1 Å². The maximum absolute atomic E-state index is 12.3. The minimum Gasteiger partial charge on any atom is -0.481 e. The lowest BCUT2D eigenvalue weighted by Crippen LogP contribution is -2.40. The van der Waals surface area contributed by atoms with Gasteiger partial charge in [0.2, 0.25) is 11.8 Å². The summed E-state index contributed by atoms with van der Waals surface area (Å²) in [5.41, 5.74) is -1.04. The van der Waals surface area contributed by atoms with E-state index in [0.29, 0.717) is 11.3 Å². The Hall–Kier alpha value is -1.80. The van der Waals surface area contributed by atoms with E-state index in [1.807, 2.05) is 0 Å². The highest BCUT2D eigenvalue weighted by molar-refractivity contribution is 5.90. The number of rotatable bonds is 3. The van der Waals surface area contributed by atoms with Crippen LogP contribution in [0, 0.1) is 11.3 Å². The van der Waals surface area contributed by atoms with Gasteiger partial charge in [0.05, 0.1) is 11.3 Å². The molecule has 2 saturated heterocycles. The van der Waals surface area contributed by atoms with E-state index in [1.165, 1.54) is 11.8 Å². The number of amides is 2. The van der Waals surface area contributed by atoms with Crippen molar-refractivity contribution in [2.45, 2.75) is 25.9 Å². The van der Waals surface area contributed by atoms with Crippen LogP contribution in [0.25, 0.3) is 0 Å². The highest BCUT2D eigenvalue weighted by Crippen LogP contribution is 2.32. The number of hydrogen-bond donors (Lipinski definition) is 1. The molecule has 2 aliphatic heterocycles. The molecule has 0 aromatic rings. The Morgan fingerprint density at radius 1 is 1.41 bits per heavy atom. The predicted molar refractivity (Wildman–Crippen MR) is 67.7 cm³/mol. The molecule has 9 heteroatoms. The van der Waals surface area contributed by atoms with Crippen molar-refractivity contribution in [1.82, 2.24) is 9.80 Å². The first-order valence-electron chi connectivity index (χ1n) is 6.88. The monoisotopic (exact) mass is 322 g/mol. The molecule has 2 atom stereocenters. The third-order valence-electron chi connectivity index (χ3n) is 4.24. The number of halogens is 3. The second-order valence-electron chi connectivity index (χ2n) is 6.17. The van der Waals surface area contributed by atoms with Crippen molar-refractivity contribution in [3.63, 3.8) is 0 Å². The lowest BCUT2D eigenvalue weighted by Gasteiger charge is -2.23. The number of aliphatic carboxylic acids is 1. The fourth-order valence-corrected chi connectivity index (χ4v) is 2.89. The van der Waals surface area contributed by atoms with Gasteiger partial charge in [-0.1, -0.05) is 0 Å². The molecule has 0 aromatic carbocycles. The first kappa shape index (κ1) is 16.6. The average Bonchev–Trinajstić information content (AvgIpc) is 2.93. The number of nitrogens with zero attached hydrogens (tertiary/aromatic N) is 2. The molecule has 2 unspecified atom stereocenters. The van der Waals surface area contributed by atoms with Gasteiger partial charge in [-0.3, -0.25) is 14.4 Å². The van der Waals surface area contributed by atoms with Crippen molar-refractivity contribution in [2.75, 3.05) is 26.2 Å². The smallest absolute Gasteiger partial charge is 0.406 e. The number of carboxylic acids is 1. The van der Waals surface area contributed by atoms with Gasteiger partial charge < -0.3 is 14.9 Å². The summed E-state index contributed by atoms with van der Waals surface area (Å²) in [6.45, 7) is 0.162. The summed E-state index contributed by atoms with van der Waals surface area (Å²) >= 11 is 0. The molecule has 22 heavy (non-hydrogen) atoms. The molecule has 0 spiro atoms. The molecule has 2 rings (SSSR count). The summed E-state index contributed by atoms with van der Waals surface area (Å²) in [5, 5.41) is 9.12. The lowest BCUT2D eigenvalue weighted by molar-refractivity contribution is -0.157.